The first kappa shape index (κ1) is 11.9. The molecule has 0 saturated carbocycles. The van der Waals surface area contributed by atoms with E-state index in [9.17, 15) is 0 Å². The zero-order valence-electron chi connectivity index (χ0n) is 8.29. The molecule has 2 nitrogen and oxygen atoms in total. The predicted molar refractivity (Wildman–Crippen MR) is 68.0 cm³/mol. The van der Waals surface area contributed by atoms with Gasteiger partial charge in [-0.05, 0) is 39.9 Å². The lowest BCUT2D eigenvalue weighted by Crippen LogP contribution is -2.02. The fourth-order valence-corrected chi connectivity index (χ4v) is 2.06. The number of aromatic nitrogens is 1. The largest absolute Gasteiger partial charge is 0.384 e. The topological polar surface area (TPSA) is 24.9 Å². The first-order chi connectivity index (χ1) is 6.83. The number of hydrogen-bond donors (Lipinski definition) is 1. The third-order valence-corrected chi connectivity index (χ3v) is 3.12. The van der Waals surface area contributed by atoms with Crippen LogP contribution in [-0.2, 0) is 0 Å². The van der Waals surface area contributed by atoms with Crippen LogP contribution in [0.1, 0.15) is 13.3 Å². The number of hydrogen-bond acceptors (Lipinski definition) is 3. The highest BCUT2D eigenvalue weighted by atomic mass is 79.9. The third-order valence-electron chi connectivity index (χ3n) is 1.70. The van der Waals surface area contributed by atoms with Crippen LogP contribution in [0.2, 0.25) is 0 Å². The Labute approximate surface area is 98.0 Å². The van der Waals surface area contributed by atoms with Crippen molar-refractivity contribution in [1.82, 2.24) is 4.98 Å². The second-order valence-electron chi connectivity index (χ2n) is 2.87. The standard InChI is InChI=1S/C10H15BrN2S/c1-2-14-5-3-4-13-10-6-9(11)7-12-8-10/h6-8,13H,2-5H2,1H3. The maximum atomic E-state index is 4.08. The van der Waals surface area contributed by atoms with Crippen LogP contribution < -0.4 is 5.32 Å². The lowest BCUT2D eigenvalue weighted by Gasteiger charge is -2.05. The van der Waals surface area contributed by atoms with E-state index in [0.29, 0.717) is 0 Å². The summed E-state index contributed by atoms with van der Waals surface area (Å²) < 4.78 is 1.02. The third kappa shape index (κ3) is 4.86. The molecule has 0 saturated heterocycles. The van der Waals surface area contributed by atoms with Gasteiger partial charge >= 0.3 is 0 Å². The van der Waals surface area contributed by atoms with Gasteiger partial charge in [-0.2, -0.15) is 11.8 Å². The fourth-order valence-electron chi connectivity index (χ4n) is 1.06. The first-order valence-electron chi connectivity index (χ1n) is 4.75. The molecule has 1 aromatic rings. The summed E-state index contributed by atoms with van der Waals surface area (Å²) in [5.41, 5.74) is 1.08. The van der Waals surface area contributed by atoms with Crippen LogP contribution in [0.3, 0.4) is 0 Å². The average Bonchev–Trinajstić information content (AvgIpc) is 2.18. The summed E-state index contributed by atoms with van der Waals surface area (Å²) in [6.07, 6.45) is 4.83. The highest BCUT2D eigenvalue weighted by Gasteiger charge is 1.93. The molecule has 1 aromatic heterocycles. The van der Waals surface area contributed by atoms with Crippen molar-refractivity contribution in [2.75, 3.05) is 23.4 Å². The van der Waals surface area contributed by atoms with Gasteiger partial charge in [0, 0.05) is 17.2 Å². The molecule has 0 fully saturated rings. The minimum atomic E-state index is 1.02. The smallest absolute Gasteiger partial charge is 0.0538 e. The molecule has 1 heterocycles. The Morgan fingerprint density at radius 1 is 1.50 bits per heavy atom. The molecule has 1 N–H and O–H groups in total. The Bertz CT molecular complexity index is 268. The summed E-state index contributed by atoms with van der Waals surface area (Å²) in [5.74, 6) is 2.43. The van der Waals surface area contributed by atoms with Crippen LogP contribution in [0.5, 0.6) is 0 Å². The van der Waals surface area contributed by atoms with E-state index < -0.39 is 0 Å². The van der Waals surface area contributed by atoms with Crippen molar-refractivity contribution >= 4 is 33.4 Å². The second-order valence-corrected chi connectivity index (χ2v) is 5.18. The summed E-state index contributed by atoms with van der Waals surface area (Å²) in [6, 6.07) is 2.04. The Kier molecular flexibility index (Phi) is 6.03. The molecular weight excluding hydrogens is 260 g/mol. The van der Waals surface area contributed by atoms with E-state index in [1.807, 2.05) is 24.0 Å². The molecule has 4 heteroatoms. The molecule has 0 aliphatic heterocycles. The quantitative estimate of drug-likeness (QED) is 0.805. The lowest BCUT2D eigenvalue weighted by atomic mass is 10.4. The van der Waals surface area contributed by atoms with Crippen molar-refractivity contribution in [2.24, 2.45) is 0 Å². The number of anilines is 1. The van der Waals surface area contributed by atoms with Gasteiger partial charge in [-0.25, -0.2) is 0 Å². The van der Waals surface area contributed by atoms with Crippen LogP contribution in [0.15, 0.2) is 22.9 Å². The molecule has 0 bridgehead atoms. The van der Waals surface area contributed by atoms with Gasteiger partial charge in [-0.3, -0.25) is 4.98 Å². The van der Waals surface area contributed by atoms with E-state index in [4.69, 9.17) is 0 Å². The number of halogens is 1. The van der Waals surface area contributed by atoms with Gasteiger partial charge < -0.3 is 5.32 Å². The van der Waals surface area contributed by atoms with Gasteiger partial charge in [-0.1, -0.05) is 6.92 Å². The highest BCUT2D eigenvalue weighted by Crippen LogP contribution is 2.13. The molecule has 78 valence electrons. The normalized spacial score (nSPS) is 10.1. The Morgan fingerprint density at radius 2 is 2.36 bits per heavy atom. The summed E-state index contributed by atoms with van der Waals surface area (Å²) in [4.78, 5) is 4.08. The van der Waals surface area contributed by atoms with E-state index in [1.54, 1.807) is 6.20 Å². The van der Waals surface area contributed by atoms with Gasteiger partial charge in [-0.15, -0.1) is 0 Å². The van der Waals surface area contributed by atoms with Crippen molar-refractivity contribution in [1.29, 1.82) is 0 Å². The number of nitrogens with one attached hydrogen (secondary N) is 1. The van der Waals surface area contributed by atoms with Crippen LogP contribution >= 0.6 is 27.7 Å². The summed E-state index contributed by atoms with van der Waals surface area (Å²) in [6.45, 7) is 3.21. The highest BCUT2D eigenvalue weighted by molar-refractivity contribution is 9.10. The van der Waals surface area contributed by atoms with Crippen molar-refractivity contribution < 1.29 is 0 Å². The molecule has 0 aliphatic carbocycles. The number of nitrogens with zero attached hydrogens (tertiary/aromatic N) is 1. The molecule has 0 aromatic carbocycles. The molecule has 0 amide bonds. The summed E-state index contributed by atoms with van der Waals surface area (Å²) >= 11 is 5.37. The Morgan fingerprint density at radius 3 is 3.07 bits per heavy atom. The van der Waals surface area contributed by atoms with E-state index in [0.717, 1.165) is 16.7 Å². The molecule has 0 aliphatic rings. The maximum absolute atomic E-state index is 4.08. The van der Waals surface area contributed by atoms with Gasteiger partial charge in [0.05, 0.1) is 11.9 Å². The van der Waals surface area contributed by atoms with Gasteiger partial charge in [0.2, 0.25) is 0 Å². The Balaban J connectivity index is 2.18. The zero-order chi connectivity index (χ0) is 10.2. The lowest BCUT2D eigenvalue weighted by molar-refractivity contribution is 0.989. The number of thioether (sulfide) groups is 1. The minimum absolute atomic E-state index is 1.02. The number of rotatable bonds is 6. The van der Waals surface area contributed by atoms with E-state index in [-0.39, 0.29) is 0 Å². The van der Waals surface area contributed by atoms with E-state index >= 15 is 0 Å². The van der Waals surface area contributed by atoms with Crippen molar-refractivity contribution in [3.63, 3.8) is 0 Å². The molecule has 1 rings (SSSR count). The van der Waals surface area contributed by atoms with E-state index in [2.05, 4.69) is 33.2 Å². The SMILES string of the molecule is CCSCCCNc1cncc(Br)c1. The monoisotopic (exact) mass is 274 g/mol. The number of pyridine rings is 1. The average molecular weight is 275 g/mol. The minimum Gasteiger partial charge on any atom is -0.384 e. The van der Waals surface area contributed by atoms with Crippen LogP contribution in [-0.4, -0.2) is 23.0 Å². The van der Waals surface area contributed by atoms with Crippen molar-refractivity contribution in [2.45, 2.75) is 13.3 Å². The summed E-state index contributed by atoms with van der Waals surface area (Å²) in [7, 11) is 0. The molecule has 14 heavy (non-hydrogen) atoms. The van der Waals surface area contributed by atoms with Gasteiger partial charge in [0.25, 0.3) is 0 Å². The van der Waals surface area contributed by atoms with Crippen molar-refractivity contribution in [3.8, 4) is 0 Å². The van der Waals surface area contributed by atoms with Crippen LogP contribution in [0, 0.1) is 0 Å². The fraction of sp³-hybridized carbons (Fsp3) is 0.500. The second kappa shape index (κ2) is 7.12. The maximum Gasteiger partial charge on any atom is 0.0538 e. The first-order valence-corrected chi connectivity index (χ1v) is 6.70. The van der Waals surface area contributed by atoms with Gasteiger partial charge in [0.1, 0.15) is 0 Å². The Hall–Kier alpha value is -0.220. The predicted octanol–water partition coefficient (Wildman–Crippen LogP) is 3.40. The molecule has 0 radical (unpaired) electrons. The summed E-state index contributed by atoms with van der Waals surface area (Å²) in [5, 5.41) is 3.34. The van der Waals surface area contributed by atoms with Crippen molar-refractivity contribution in [3.05, 3.63) is 22.9 Å². The van der Waals surface area contributed by atoms with Crippen LogP contribution in [0.25, 0.3) is 0 Å². The van der Waals surface area contributed by atoms with E-state index in [1.165, 1.54) is 17.9 Å². The van der Waals surface area contributed by atoms with Crippen LogP contribution in [0.4, 0.5) is 5.69 Å². The molecular formula is C10H15BrN2S. The van der Waals surface area contributed by atoms with Gasteiger partial charge in [0.15, 0.2) is 0 Å². The molecule has 0 spiro atoms. The zero-order valence-corrected chi connectivity index (χ0v) is 10.7. The molecule has 0 unspecified atom stereocenters. The molecule has 0 atom stereocenters.